The Labute approximate surface area is 134 Å². The third-order valence-corrected chi connectivity index (χ3v) is 3.79. The highest BCUT2D eigenvalue weighted by molar-refractivity contribution is 6.04. The van der Waals surface area contributed by atoms with Gasteiger partial charge in [0.25, 0.3) is 5.56 Å². The van der Waals surface area contributed by atoms with Gasteiger partial charge in [0.2, 0.25) is 0 Å². The van der Waals surface area contributed by atoms with Crippen LogP contribution in [0.1, 0.15) is 32.0 Å². The molecule has 2 aromatic heterocycles. The fourth-order valence-corrected chi connectivity index (χ4v) is 2.72. The van der Waals surface area contributed by atoms with Crippen LogP contribution in [0.5, 0.6) is 0 Å². The summed E-state index contributed by atoms with van der Waals surface area (Å²) in [4.78, 5) is 12.7. The third-order valence-electron chi connectivity index (χ3n) is 3.79. The minimum absolute atomic E-state index is 0.0109. The van der Waals surface area contributed by atoms with Crippen LogP contribution >= 0.6 is 0 Å². The van der Waals surface area contributed by atoms with Crippen LogP contribution in [-0.2, 0) is 6.54 Å². The Morgan fingerprint density at radius 2 is 2.13 bits per heavy atom. The number of nitrogens with two attached hydrogens (primary N) is 1. The van der Waals surface area contributed by atoms with Gasteiger partial charge in [0, 0.05) is 23.2 Å². The van der Waals surface area contributed by atoms with Crippen LogP contribution in [0.2, 0.25) is 0 Å². The van der Waals surface area contributed by atoms with Crippen LogP contribution in [0, 0.1) is 18.8 Å². The molecule has 5 heteroatoms. The Morgan fingerprint density at radius 1 is 1.39 bits per heavy atom. The number of aromatic nitrogens is 3. The van der Waals surface area contributed by atoms with E-state index in [4.69, 9.17) is 5.73 Å². The van der Waals surface area contributed by atoms with E-state index < -0.39 is 5.54 Å². The fourth-order valence-electron chi connectivity index (χ4n) is 2.72. The van der Waals surface area contributed by atoms with Crippen LogP contribution in [-0.4, -0.2) is 20.3 Å². The van der Waals surface area contributed by atoms with Crippen molar-refractivity contribution in [2.45, 2.75) is 39.8 Å². The van der Waals surface area contributed by atoms with E-state index in [2.05, 4.69) is 22.0 Å². The lowest BCUT2D eigenvalue weighted by molar-refractivity contribution is 0.680. The third kappa shape index (κ3) is 2.62. The van der Waals surface area contributed by atoms with Crippen molar-refractivity contribution in [2.75, 3.05) is 0 Å². The first-order valence-corrected chi connectivity index (χ1v) is 7.65. The molecule has 0 aliphatic rings. The Morgan fingerprint density at radius 3 is 2.78 bits per heavy atom. The lowest BCUT2D eigenvalue weighted by atomic mass is 10.1. The summed E-state index contributed by atoms with van der Waals surface area (Å²) in [5, 5.41) is 8.80. The molecule has 1 aromatic carbocycles. The standard InChI is InChI=1S/C18H20N4O/c1-5-22-14-7-6-12(8-9-18(3,4)19)10-13(14)16-15(17(22)23)11(2)20-21-16/h6-7,10H,5,19H2,1-4H3,(H,20,21). The highest BCUT2D eigenvalue weighted by atomic mass is 16.1. The Bertz CT molecular complexity index is 1020. The summed E-state index contributed by atoms with van der Waals surface area (Å²) in [5.74, 6) is 6.13. The maximum atomic E-state index is 12.7. The van der Waals surface area contributed by atoms with Gasteiger partial charge >= 0.3 is 0 Å². The molecule has 23 heavy (non-hydrogen) atoms. The maximum Gasteiger partial charge on any atom is 0.262 e. The van der Waals surface area contributed by atoms with E-state index in [9.17, 15) is 4.79 Å². The van der Waals surface area contributed by atoms with Crippen LogP contribution in [0.25, 0.3) is 21.8 Å². The van der Waals surface area contributed by atoms with Crippen molar-refractivity contribution in [3.63, 3.8) is 0 Å². The van der Waals surface area contributed by atoms with E-state index in [1.54, 1.807) is 4.57 Å². The molecule has 0 radical (unpaired) electrons. The first kappa shape index (κ1) is 15.3. The number of rotatable bonds is 1. The number of pyridine rings is 1. The van der Waals surface area contributed by atoms with Gasteiger partial charge in [-0.25, -0.2) is 0 Å². The molecule has 0 fully saturated rings. The maximum absolute atomic E-state index is 12.7. The van der Waals surface area contributed by atoms with Crippen molar-refractivity contribution in [1.82, 2.24) is 14.8 Å². The Kier molecular flexibility index (Phi) is 3.50. The number of hydrogen-bond acceptors (Lipinski definition) is 3. The average molecular weight is 308 g/mol. The van der Waals surface area contributed by atoms with Gasteiger partial charge < -0.3 is 10.3 Å². The van der Waals surface area contributed by atoms with Crippen LogP contribution in [0.15, 0.2) is 23.0 Å². The molecule has 3 aromatic rings. The Hall–Kier alpha value is -2.58. The molecule has 3 N–H and O–H groups in total. The predicted molar refractivity (Wildman–Crippen MR) is 93.4 cm³/mol. The molecule has 0 atom stereocenters. The van der Waals surface area contributed by atoms with Gasteiger partial charge in [0.1, 0.15) is 5.52 Å². The molecule has 0 saturated heterocycles. The topological polar surface area (TPSA) is 76.7 Å². The lowest BCUT2D eigenvalue weighted by Gasteiger charge is -2.10. The summed E-state index contributed by atoms with van der Waals surface area (Å²) in [6.45, 7) is 8.17. The molecule has 0 saturated carbocycles. The predicted octanol–water partition coefficient (Wildman–Crippen LogP) is 2.29. The molecule has 0 bridgehead atoms. The molecule has 3 rings (SSSR count). The number of nitrogens with zero attached hydrogens (tertiary/aromatic N) is 2. The summed E-state index contributed by atoms with van der Waals surface area (Å²) >= 11 is 0. The van der Waals surface area contributed by atoms with Crippen molar-refractivity contribution >= 4 is 21.8 Å². The summed E-state index contributed by atoms with van der Waals surface area (Å²) < 4.78 is 1.77. The number of fused-ring (bicyclic) bond motifs is 3. The summed E-state index contributed by atoms with van der Waals surface area (Å²) in [7, 11) is 0. The molecular weight excluding hydrogens is 288 g/mol. The second-order valence-electron chi connectivity index (χ2n) is 6.33. The smallest absolute Gasteiger partial charge is 0.262 e. The zero-order chi connectivity index (χ0) is 16.8. The minimum Gasteiger partial charge on any atom is -0.316 e. The number of benzene rings is 1. The molecule has 0 spiro atoms. The normalized spacial score (nSPS) is 11.7. The van der Waals surface area contributed by atoms with Crippen LogP contribution in [0.4, 0.5) is 0 Å². The number of nitrogens with one attached hydrogen (secondary N) is 1. The van der Waals surface area contributed by atoms with Crippen molar-refractivity contribution in [3.8, 4) is 11.8 Å². The molecular formula is C18H20N4O. The van der Waals surface area contributed by atoms with E-state index in [1.807, 2.05) is 45.9 Å². The van der Waals surface area contributed by atoms with Gasteiger partial charge in [-0.3, -0.25) is 9.89 Å². The highest BCUT2D eigenvalue weighted by Gasteiger charge is 2.14. The first-order valence-electron chi connectivity index (χ1n) is 7.65. The van der Waals surface area contributed by atoms with E-state index >= 15 is 0 Å². The minimum atomic E-state index is -0.546. The van der Waals surface area contributed by atoms with Crippen molar-refractivity contribution < 1.29 is 0 Å². The highest BCUT2D eigenvalue weighted by Crippen LogP contribution is 2.23. The number of aryl methyl sites for hydroxylation is 2. The zero-order valence-electron chi connectivity index (χ0n) is 13.8. The second-order valence-corrected chi connectivity index (χ2v) is 6.33. The van der Waals surface area contributed by atoms with E-state index in [-0.39, 0.29) is 5.56 Å². The Balaban J connectivity index is 2.38. The molecule has 2 heterocycles. The van der Waals surface area contributed by atoms with Gasteiger partial charge in [-0.2, -0.15) is 5.10 Å². The quantitative estimate of drug-likeness (QED) is 0.677. The van der Waals surface area contributed by atoms with Crippen molar-refractivity contribution in [1.29, 1.82) is 0 Å². The van der Waals surface area contributed by atoms with Crippen molar-refractivity contribution in [2.24, 2.45) is 5.73 Å². The number of hydrogen-bond donors (Lipinski definition) is 2. The first-order chi connectivity index (χ1) is 10.8. The molecule has 0 aliphatic carbocycles. The lowest BCUT2D eigenvalue weighted by Crippen LogP contribution is -2.29. The number of aromatic amines is 1. The fraction of sp³-hybridized carbons (Fsp3) is 0.333. The zero-order valence-corrected chi connectivity index (χ0v) is 13.8. The molecule has 5 nitrogen and oxygen atoms in total. The average Bonchev–Trinajstić information content (AvgIpc) is 2.88. The molecule has 118 valence electrons. The second kappa shape index (κ2) is 5.25. The van der Waals surface area contributed by atoms with Gasteiger partial charge in [-0.15, -0.1) is 0 Å². The summed E-state index contributed by atoms with van der Waals surface area (Å²) in [6, 6.07) is 5.82. The van der Waals surface area contributed by atoms with Gasteiger partial charge in [0.15, 0.2) is 0 Å². The van der Waals surface area contributed by atoms with E-state index in [1.165, 1.54) is 0 Å². The van der Waals surface area contributed by atoms with E-state index in [0.717, 1.165) is 22.2 Å². The van der Waals surface area contributed by atoms with E-state index in [0.29, 0.717) is 17.4 Å². The monoisotopic (exact) mass is 308 g/mol. The largest absolute Gasteiger partial charge is 0.316 e. The van der Waals surface area contributed by atoms with Gasteiger partial charge in [-0.05, 0) is 45.9 Å². The van der Waals surface area contributed by atoms with Gasteiger partial charge in [0.05, 0.1) is 16.4 Å². The molecule has 0 aliphatic heterocycles. The van der Waals surface area contributed by atoms with Crippen molar-refractivity contribution in [3.05, 3.63) is 39.8 Å². The molecule has 0 unspecified atom stereocenters. The summed E-state index contributed by atoms with van der Waals surface area (Å²) in [6.07, 6.45) is 0. The van der Waals surface area contributed by atoms with Crippen LogP contribution in [0.3, 0.4) is 0 Å². The summed E-state index contributed by atoms with van der Waals surface area (Å²) in [5.41, 5.74) is 8.57. The molecule has 0 amide bonds. The van der Waals surface area contributed by atoms with Gasteiger partial charge in [-0.1, -0.05) is 11.8 Å². The number of H-pyrrole nitrogens is 1. The van der Waals surface area contributed by atoms with Crippen LogP contribution < -0.4 is 11.3 Å². The SMILES string of the molecule is CCn1c(=O)c2c(C)[nH]nc2c2cc(C#CC(C)(C)N)ccc21.